The maximum Gasteiger partial charge on any atom is 0.234 e. The van der Waals surface area contributed by atoms with Crippen molar-refractivity contribution in [1.82, 2.24) is 10.2 Å². The lowest BCUT2D eigenvalue weighted by Gasteiger charge is -2.27. The van der Waals surface area contributed by atoms with E-state index in [1.165, 1.54) is 18.4 Å². The van der Waals surface area contributed by atoms with Crippen LogP contribution in [0.5, 0.6) is 0 Å². The minimum atomic E-state index is -0.147. The van der Waals surface area contributed by atoms with Crippen molar-refractivity contribution in [2.45, 2.75) is 51.6 Å². The van der Waals surface area contributed by atoms with Crippen LogP contribution in [0.4, 0.5) is 0 Å². The van der Waals surface area contributed by atoms with Crippen LogP contribution in [0.25, 0.3) is 0 Å². The van der Waals surface area contributed by atoms with Gasteiger partial charge in [-0.3, -0.25) is 9.69 Å². The maximum atomic E-state index is 12.1. The topological polar surface area (TPSA) is 32.3 Å². The number of hydrogen-bond donors (Lipinski definition) is 1. The second kappa shape index (κ2) is 6.40. The second-order valence-corrected chi connectivity index (χ2v) is 6.75. The smallest absolute Gasteiger partial charge is 0.234 e. The Morgan fingerprint density at radius 2 is 2.00 bits per heavy atom. The number of nitrogens with one attached hydrogen (secondary N) is 1. The molecule has 3 nitrogen and oxygen atoms in total. The molecule has 1 aliphatic rings. The lowest BCUT2D eigenvalue weighted by atomic mass is 10.0. The lowest BCUT2D eigenvalue weighted by molar-refractivity contribution is -0.123. The Balaban J connectivity index is 1.89. The number of hydrogen-bond acceptors (Lipinski definition) is 2. The van der Waals surface area contributed by atoms with E-state index in [1.807, 2.05) is 26.8 Å². The van der Waals surface area contributed by atoms with E-state index in [0.29, 0.717) is 12.6 Å². The van der Waals surface area contributed by atoms with Gasteiger partial charge in [0.2, 0.25) is 5.91 Å². The van der Waals surface area contributed by atoms with Crippen molar-refractivity contribution in [1.29, 1.82) is 0 Å². The van der Waals surface area contributed by atoms with E-state index in [4.69, 9.17) is 0 Å². The second-order valence-electron chi connectivity index (χ2n) is 6.75. The third-order valence-electron chi connectivity index (χ3n) is 3.67. The summed E-state index contributed by atoms with van der Waals surface area (Å²) in [5.74, 6) is 0.137. The molecule has 1 amide bonds. The Hall–Kier alpha value is -1.35. The molecule has 0 aromatic heterocycles. The lowest BCUT2D eigenvalue weighted by Crippen LogP contribution is -2.47. The Morgan fingerprint density at radius 3 is 2.65 bits per heavy atom. The largest absolute Gasteiger partial charge is 0.350 e. The number of carbonyl (C=O) groups excluding carboxylic acids is 1. The summed E-state index contributed by atoms with van der Waals surface area (Å²) >= 11 is 0. The molecular formula is C17H26N2O. The van der Waals surface area contributed by atoms with Gasteiger partial charge in [0, 0.05) is 11.6 Å². The van der Waals surface area contributed by atoms with Crippen LogP contribution in [0.2, 0.25) is 0 Å². The summed E-state index contributed by atoms with van der Waals surface area (Å²) in [5, 5.41) is 3.05. The van der Waals surface area contributed by atoms with Crippen LogP contribution in [0, 0.1) is 0 Å². The van der Waals surface area contributed by atoms with Crippen LogP contribution in [-0.4, -0.2) is 35.5 Å². The molecule has 110 valence electrons. The van der Waals surface area contributed by atoms with E-state index in [-0.39, 0.29) is 11.4 Å². The summed E-state index contributed by atoms with van der Waals surface area (Å²) in [6, 6.07) is 11.1. The normalized spacial score (nSPS) is 20.1. The summed E-state index contributed by atoms with van der Waals surface area (Å²) in [6.45, 7) is 7.63. The number of benzene rings is 1. The zero-order valence-corrected chi connectivity index (χ0v) is 12.9. The molecule has 20 heavy (non-hydrogen) atoms. The van der Waals surface area contributed by atoms with Gasteiger partial charge >= 0.3 is 0 Å². The van der Waals surface area contributed by atoms with Crippen LogP contribution >= 0.6 is 0 Å². The molecule has 1 N–H and O–H groups in total. The average molecular weight is 274 g/mol. The van der Waals surface area contributed by atoms with E-state index in [9.17, 15) is 4.79 Å². The number of nitrogens with zero attached hydrogens (tertiary/aromatic N) is 1. The molecule has 0 bridgehead atoms. The van der Waals surface area contributed by atoms with Crippen molar-refractivity contribution < 1.29 is 4.79 Å². The minimum absolute atomic E-state index is 0.137. The van der Waals surface area contributed by atoms with Gasteiger partial charge in [-0.15, -0.1) is 0 Å². The van der Waals surface area contributed by atoms with Gasteiger partial charge in [-0.05, 0) is 52.1 Å². The highest BCUT2D eigenvalue weighted by Gasteiger charge is 2.27. The van der Waals surface area contributed by atoms with Crippen LogP contribution < -0.4 is 5.32 Å². The molecule has 0 radical (unpaired) electrons. The van der Waals surface area contributed by atoms with E-state index in [2.05, 4.69) is 34.5 Å². The Bertz CT molecular complexity index is 436. The minimum Gasteiger partial charge on any atom is -0.350 e. The van der Waals surface area contributed by atoms with E-state index < -0.39 is 0 Å². The molecular weight excluding hydrogens is 248 g/mol. The number of rotatable bonds is 4. The Kier molecular flexibility index (Phi) is 4.81. The molecule has 1 aromatic rings. The quantitative estimate of drug-likeness (QED) is 0.915. The first-order chi connectivity index (χ1) is 9.44. The molecule has 3 heteroatoms. The van der Waals surface area contributed by atoms with Gasteiger partial charge in [0.1, 0.15) is 0 Å². The number of carbonyl (C=O) groups is 1. The SMILES string of the molecule is CC(C)(C)NC(=O)CN1CCCC1Cc1ccccc1. The Labute approximate surface area is 122 Å². The summed E-state index contributed by atoms with van der Waals surface area (Å²) in [4.78, 5) is 14.4. The first-order valence-corrected chi connectivity index (χ1v) is 7.53. The molecule has 1 aliphatic heterocycles. The predicted octanol–water partition coefficient (Wildman–Crippen LogP) is 2.61. The van der Waals surface area contributed by atoms with Crippen molar-refractivity contribution in [2.75, 3.05) is 13.1 Å². The fourth-order valence-corrected chi connectivity index (χ4v) is 2.86. The van der Waals surface area contributed by atoms with E-state index in [1.54, 1.807) is 0 Å². The molecule has 2 rings (SSSR count). The predicted molar refractivity (Wildman–Crippen MR) is 82.6 cm³/mol. The van der Waals surface area contributed by atoms with Gasteiger partial charge in [-0.1, -0.05) is 30.3 Å². The van der Waals surface area contributed by atoms with Gasteiger partial charge < -0.3 is 5.32 Å². The molecule has 1 saturated heterocycles. The maximum absolute atomic E-state index is 12.1. The van der Waals surface area contributed by atoms with Gasteiger partial charge in [0.15, 0.2) is 0 Å². The van der Waals surface area contributed by atoms with Crippen molar-refractivity contribution in [2.24, 2.45) is 0 Å². The summed E-state index contributed by atoms with van der Waals surface area (Å²) in [6.07, 6.45) is 3.43. The molecule has 1 atom stereocenters. The molecule has 1 aromatic carbocycles. The Morgan fingerprint density at radius 1 is 1.30 bits per heavy atom. The van der Waals surface area contributed by atoms with Crippen LogP contribution in [0.3, 0.4) is 0 Å². The number of likely N-dealkylation sites (tertiary alicyclic amines) is 1. The standard InChI is InChI=1S/C17H26N2O/c1-17(2,3)18-16(20)13-19-11-7-10-15(19)12-14-8-5-4-6-9-14/h4-6,8-9,15H,7,10-13H2,1-3H3,(H,18,20). The van der Waals surface area contributed by atoms with Crippen molar-refractivity contribution >= 4 is 5.91 Å². The van der Waals surface area contributed by atoms with Gasteiger partial charge in [-0.25, -0.2) is 0 Å². The molecule has 0 aliphatic carbocycles. The molecule has 1 heterocycles. The van der Waals surface area contributed by atoms with Crippen LogP contribution in [-0.2, 0) is 11.2 Å². The zero-order valence-electron chi connectivity index (χ0n) is 12.9. The van der Waals surface area contributed by atoms with Crippen molar-refractivity contribution in [3.05, 3.63) is 35.9 Å². The molecule has 1 fully saturated rings. The zero-order chi connectivity index (χ0) is 14.6. The highest BCUT2D eigenvalue weighted by atomic mass is 16.2. The highest BCUT2D eigenvalue weighted by molar-refractivity contribution is 5.78. The van der Waals surface area contributed by atoms with Gasteiger partial charge in [-0.2, -0.15) is 0 Å². The van der Waals surface area contributed by atoms with Crippen LogP contribution in [0.1, 0.15) is 39.2 Å². The monoisotopic (exact) mass is 274 g/mol. The molecule has 0 spiro atoms. The van der Waals surface area contributed by atoms with E-state index in [0.717, 1.165) is 13.0 Å². The van der Waals surface area contributed by atoms with Gasteiger partial charge in [0.05, 0.1) is 6.54 Å². The number of amides is 1. The fourth-order valence-electron chi connectivity index (χ4n) is 2.86. The fraction of sp³-hybridized carbons (Fsp3) is 0.588. The molecule has 1 unspecified atom stereocenters. The van der Waals surface area contributed by atoms with Gasteiger partial charge in [0.25, 0.3) is 0 Å². The summed E-state index contributed by atoms with van der Waals surface area (Å²) < 4.78 is 0. The first kappa shape index (κ1) is 15.0. The third kappa shape index (κ3) is 4.64. The van der Waals surface area contributed by atoms with Crippen LogP contribution in [0.15, 0.2) is 30.3 Å². The summed E-state index contributed by atoms with van der Waals surface area (Å²) in [5.41, 5.74) is 1.21. The third-order valence-corrected chi connectivity index (χ3v) is 3.67. The van der Waals surface area contributed by atoms with Crippen molar-refractivity contribution in [3.8, 4) is 0 Å². The highest BCUT2D eigenvalue weighted by Crippen LogP contribution is 2.20. The van der Waals surface area contributed by atoms with E-state index >= 15 is 0 Å². The average Bonchev–Trinajstić information content (AvgIpc) is 2.75. The van der Waals surface area contributed by atoms with Crippen molar-refractivity contribution in [3.63, 3.8) is 0 Å². The summed E-state index contributed by atoms with van der Waals surface area (Å²) in [7, 11) is 0. The molecule has 0 saturated carbocycles. The first-order valence-electron chi connectivity index (χ1n) is 7.53.